The topological polar surface area (TPSA) is 12.0 Å². The number of benzene rings is 2. The first-order chi connectivity index (χ1) is 10.0. The Morgan fingerprint density at radius 1 is 1.19 bits per heavy atom. The summed E-state index contributed by atoms with van der Waals surface area (Å²) in [5, 5.41) is 3.53. The Hall–Kier alpha value is -0.420. The third kappa shape index (κ3) is 4.07. The van der Waals surface area contributed by atoms with Crippen molar-refractivity contribution in [3.63, 3.8) is 0 Å². The fourth-order valence-corrected chi connectivity index (χ4v) is 3.19. The molecule has 0 heterocycles. The van der Waals surface area contributed by atoms with Gasteiger partial charge in [0.1, 0.15) is 5.82 Å². The van der Waals surface area contributed by atoms with Crippen molar-refractivity contribution in [1.82, 2.24) is 5.32 Å². The van der Waals surface area contributed by atoms with Gasteiger partial charge in [0.2, 0.25) is 0 Å². The molecule has 5 heteroatoms. The first-order valence-corrected chi connectivity index (χ1v) is 8.63. The highest BCUT2D eigenvalue weighted by Gasteiger charge is 2.21. The summed E-state index contributed by atoms with van der Waals surface area (Å²) >= 11 is 12.9. The molecule has 1 atom stereocenters. The highest BCUT2D eigenvalue weighted by molar-refractivity contribution is 9.11. The van der Waals surface area contributed by atoms with E-state index in [1.54, 1.807) is 18.2 Å². The summed E-state index contributed by atoms with van der Waals surface area (Å²) in [6.45, 7) is 2.86. The molecule has 0 aromatic heterocycles. The Labute approximate surface area is 146 Å². The van der Waals surface area contributed by atoms with Gasteiger partial charge in [0.25, 0.3) is 0 Å². The van der Waals surface area contributed by atoms with Crippen molar-refractivity contribution in [2.24, 2.45) is 0 Å². The maximum atomic E-state index is 14.4. The van der Waals surface area contributed by atoms with Gasteiger partial charge in [-0.3, -0.25) is 0 Å². The fraction of sp³-hybridized carbons (Fsp3) is 0.250. The lowest BCUT2D eigenvalue weighted by Gasteiger charge is -2.22. The average molecular weight is 436 g/mol. The van der Waals surface area contributed by atoms with Crippen molar-refractivity contribution in [1.29, 1.82) is 0 Å². The molecule has 1 nitrogen and oxygen atoms in total. The smallest absolute Gasteiger partial charge is 0.146 e. The van der Waals surface area contributed by atoms with Crippen molar-refractivity contribution in [2.75, 3.05) is 6.54 Å². The zero-order valence-corrected chi connectivity index (χ0v) is 15.4. The van der Waals surface area contributed by atoms with Crippen LogP contribution >= 0.6 is 43.5 Å². The summed E-state index contributed by atoms with van der Waals surface area (Å²) in [6.07, 6.45) is 0.963. The Morgan fingerprint density at radius 3 is 2.67 bits per heavy atom. The summed E-state index contributed by atoms with van der Waals surface area (Å²) in [7, 11) is 0. The monoisotopic (exact) mass is 433 g/mol. The van der Waals surface area contributed by atoms with E-state index >= 15 is 0 Å². The number of hydrogen-bond donors (Lipinski definition) is 1. The number of rotatable bonds is 5. The van der Waals surface area contributed by atoms with Gasteiger partial charge in [0.05, 0.1) is 11.1 Å². The molecule has 0 aliphatic heterocycles. The van der Waals surface area contributed by atoms with Crippen molar-refractivity contribution in [2.45, 2.75) is 19.4 Å². The van der Waals surface area contributed by atoms with Crippen LogP contribution in [0.15, 0.2) is 45.3 Å². The van der Waals surface area contributed by atoms with Crippen molar-refractivity contribution >= 4 is 43.5 Å². The Balaban J connectivity index is 2.52. The quantitative estimate of drug-likeness (QED) is 0.599. The summed E-state index contributed by atoms with van der Waals surface area (Å²) in [6, 6.07) is 10.7. The zero-order chi connectivity index (χ0) is 15.4. The van der Waals surface area contributed by atoms with E-state index in [0.29, 0.717) is 5.56 Å². The highest BCUT2D eigenvalue weighted by atomic mass is 79.9. The lowest BCUT2D eigenvalue weighted by Crippen LogP contribution is -2.24. The highest BCUT2D eigenvalue weighted by Crippen LogP contribution is 2.33. The lowest BCUT2D eigenvalue weighted by molar-refractivity contribution is 0.546. The molecule has 2 rings (SSSR count). The van der Waals surface area contributed by atoms with Crippen LogP contribution in [0.5, 0.6) is 0 Å². The summed E-state index contributed by atoms with van der Waals surface area (Å²) in [5.74, 6) is -0.375. The zero-order valence-electron chi connectivity index (χ0n) is 11.5. The van der Waals surface area contributed by atoms with Crippen LogP contribution in [0.1, 0.15) is 30.5 Å². The first kappa shape index (κ1) is 16.9. The first-order valence-electron chi connectivity index (χ1n) is 6.66. The summed E-state index contributed by atoms with van der Waals surface area (Å²) in [5.41, 5.74) is 1.52. The molecule has 0 aliphatic carbocycles. The summed E-state index contributed by atoms with van der Waals surface area (Å²) < 4.78 is 16.3. The molecule has 0 aliphatic rings. The van der Waals surface area contributed by atoms with Crippen molar-refractivity contribution in [3.05, 3.63) is 67.3 Å². The van der Waals surface area contributed by atoms with Gasteiger partial charge in [-0.15, -0.1) is 0 Å². The normalized spacial score (nSPS) is 12.4. The van der Waals surface area contributed by atoms with Crippen LogP contribution in [0, 0.1) is 5.82 Å². The Kier molecular flexibility index (Phi) is 6.23. The number of nitrogens with one attached hydrogen (secondary N) is 1. The molecule has 0 radical (unpaired) electrons. The molecule has 0 saturated carbocycles. The molecular weight excluding hydrogens is 420 g/mol. The maximum Gasteiger partial charge on any atom is 0.146 e. The molecule has 21 heavy (non-hydrogen) atoms. The van der Waals surface area contributed by atoms with E-state index in [0.717, 1.165) is 27.5 Å². The van der Waals surface area contributed by atoms with Gasteiger partial charge in [0, 0.05) is 14.5 Å². The van der Waals surface area contributed by atoms with Gasteiger partial charge < -0.3 is 5.32 Å². The molecule has 2 aromatic rings. The van der Waals surface area contributed by atoms with Gasteiger partial charge in [-0.2, -0.15) is 0 Å². The molecule has 1 unspecified atom stereocenters. The Bertz CT molecular complexity index is 632. The van der Waals surface area contributed by atoms with E-state index in [1.807, 2.05) is 18.2 Å². The van der Waals surface area contributed by atoms with Crippen LogP contribution in [-0.4, -0.2) is 6.54 Å². The van der Waals surface area contributed by atoms with Gasteiger partial charge in [0.15, 0.2) is 0 Å². The van der Waals surface area contributed by atoms with Crippen LogP contribution in [-0.2, 0) is 0 Å². The molecular formula is C16H15Br2ClFN. The minimum atomic E-state index is -0.375. The van der Waals surface area contributed by atoms with Gasteiger partial charge in [-0.1, -0.05) is 62.5 Å². The lowest BCUT2D eigenvalue weighted by atomic mass is 9.98. The SMILES string of the molecule is CCCNC(c1cc(Br)ccc1Br)c1cccc(Cl)c1F. The second kappa shape index (κ2) is 7.73. The molecule has 0 spiro atoms. The molecule has 2 aromatic carbocycles. The standard InChI is InChI=1S/C16H15Br2ClFN/c1-2-8-21-16(11-4-3-5-14(19)15(11)20)12-9-10(17)6-7-13(12)18/h3-7,9,16,21H,2,8H2,1H3. The van der Waals surface area contributed by atoms with E-state index in [2.05, 4.69) is 44.1 Å². The van der Waals surface area contributed by atoms with E-state index in [1.165, 1.54) is 0 Å². The van der Waals surface area contributed by atoms with Crippen LogP contribution in [0.3, 0.4) is 0 Å². The Morgan fingerprint density at radius 2 is 1.95 bits per heavy atom. The van der Waals surface area contributed by atoms with Gasteiger partial charge in [-0.05, 0) is 42.8 Å². The van der Waals surface area contributed by atoms with E-state index in [9.17, 15) is 4.39 Å². The molecule has 0 bridgehead atoms. The summed E-state index contributed by atoms with van der Waals surface area (Å²) in [4.78, 5) is 0. The van der Waals surface area contributed by atoms with E-state index < -0.39 is 0 Å². The molecule has 112 valence electrons. The number of halogens is 4. The van der Waals surface area contributed by atoms with Crippen LogP contribution < -0.4 is 5.32 Å². The second-order valence-corrected chi connectivity index (χ2v) is 6.87. The van der Waals surface area contributed by atoms with Crippen molar-refractivity contribution < 1.29 is 4.39 Å². The van der Waals surface area contributed by atoms with Crippen LogP contribution in [0.25, 0.3) is 0 Å². The van der Waals surface area contributed by atoms with Gasteiger partial charge >= 0.3 is 0 Å². The minimum Gasteiger partial charge on any atom is -0.306 e. The molecule has 1 N–H and O–H groups in total. The largest absolute Gasteiger partial charge is 0.306 e. The second-order valence-electron chi connectivity index (χ2n) is 4.70. The van der Waals surface area contributed by atoms with Crippen LogP contribution in [0.2, 0.25) is 5.02 Å². The van der Waals surface area contributed by atoms with Gasteiger partial charge in [-0.25, -0.2) is 4.39 Å². The fourth-order valence-electron chi connectivity index (χ4n) is 2.16. The van der Waals surface area contributed by atoms with Crippen LogP contribution in [0.4, 0.5) is 4.39 Å². The molecule has 0 amide bonds. The third-order valence-corrected chi connectivity index (χ3v) is 4.67. The third-order valence-electron chi connectivity index (χ3n) is 3.16. The predicted octanol–water partition coefficient (Wildman–Crippen LogP) is 6.09. The average Bonchev–Trinajstić information content (AvgIpc) is 2.47. The van der Waals surface area contributed by atoms with E-state index in [-0.39, 0.29) is 16.9 Å². The van der Waals surface area contributed by atoms with E-state index in [4.69, 9.17) is 11.6 Å². The minimum absolute atomic E-state index is 0.141. The predicted molar refractivity (Wildman–Crippen MR) is 93.4 cm³/mol. The number of hydrogen-bond acceptors (Lipinski definition) is 1. The maximum absolute atomic E-state index is 14.4. The molecule has 0 fully saturated rings. The molecule has 0 saturated heterocycles. The van der Waals surface area contributed by atoms with Crippen molar-refractivity contribution in [3.8, 4) is 0 Å².